The second-order valence-corrected chi connectivity index (χ2v) is 17.4. The van der Waals surface area contributed by atoms with E-state index in [9.17, 15) is 27.6 Å². The van der Waals surface area contributed by atoms with Crippen LogP contribution < -0.4 is 20.1 Å². The molecular formula is C34H44ClN5O8S. The summed E-state index contributed by atoms with van der Waals surface area (Å²) in [4.78, 5) is 60.2. The first kappa shape index (κ1) is 36.4. The summed E-state index contributed by atoms with van der Waals surface area (Å²) in [6.07, 6.45) is 2.73. The average Bonchev–Trinajstić information content (AvgIpc) is 3.91. The number of likely N-dealkylation sites (tertiary alicyclic amines) is 1. The molecule has 13 nitrogen and oxygen atoms in total. The largest absolute Gasteiger partial charge is 0.488 e. The number of carbonyl (C=O) groups is 4. The van der Waals surface area contributed by atoms with Crippen molar-refractivity contribution >= 4 is 56.2 Å². The van der Waals surface area contributed by atoms with Crippen molar-refractivity contribution in [1.29, 1.82) is 0 Å². The van der Waals surface area contributed by atoms with Crippen LogP contribution in [0.1, 0.15) is 67.2 Å². The second-order valence-electron chi connectivity index (χ2n) is 15.1. The van der Waals surface area contributed by atoms with Crippen molar-refractivity contribution in [3.8, 4) is 5.75 Å². The van der Waals surface area contributed by atoms with Crippen LogP contribution in [0.4, 0.5) is 4.79 Å². The molecule has 1 saturated heterocycles. The summed E-state index contributed by atoms with van der Waals surface area (Å²) in [7, 11) is -3.89. The maximum absolute atomic E-state index is 14.3. The molecule has 4 amide bonds. The Morgan fingerprint density at radius 1 is 1.12 bits per heavy atom. The predicted molar refractivity (Wildman–Crippen MR) is 183 cm³/mol. The highest BCUT2D eigenvalue weighted by Gasteiger charge is 2.62. The van der Waals surface area contributed by atoms with E-state index in [1.165, 1.54) is 11.0 Å². The van der Waals surface area contributed by atoms with Crippen molar-refractivity contribution < 1.29 is 37.1 Å². The highest BCUT2D eigenvalue weighted by molar-refractivity contribution is 7.91. The summed E-state index contributed by atoms with van der Waals surface area (Å²) in [6.45, 7) is 14.2. The number of carbonyl (C=O) groups excluding carboxylic acids is 4. The van der Waals surface area contributed by atoms with Gasteiger partial charge in [-0.15, -0.1) is 6.58 Å². The third-order valence-electron chi connectivity index (χ3n) is 8.86. The van der Waals surface area contributed by atoms with E-state index in [2.05, 4.69) is 26.9 Å². The van der Waals surface area contributed by atoms with Crippen LogP contribution in [-0.4, -0.2) is 83.2 Å². The minimum Gasteiger partial charge on any atom is -0.488 e. The minimum atomic E-state index is -3.89. The summed E-state index contributed by atoms with van der Waals surface area (Å²) < 4.78 is 39.1. The number of rotatable bonds is 10. The van der Waals surface area contributed by atoms with Crippen LogP contribution in [0.5, 0.6) is 5.75 Å². The molecular weight excluding hydrogens is 674 g/mol. The smallest absolute Gasteiger partial charge is 0.408 e. The van der Waals surface area contributed by atoms with Gasteiger partial charge in [-0.3, -0.25) is 19.1 Å². The lowest BCUT2D eigenvalue weighted by Gasteiger charge is -2.36. The number of ether oxygens (including phenoxy) is 2. The number of hydrogen-bond acceptors (Lipinski definition) is 9. The maximum Gasteiger partial charge on any atom is 0.408 e. The number of sulfonamides is 1. The third-order valence-corrected chi connectivity index (χ3v) is 11.0. The normalized spacial score (nSPS) is 24.5. The Morgan fingerprint density at radius 3 is 2.41 bits per heavy atom. The summed E-state index contributed by atoms with van der Waals surface area (Å²) in [5, 5.41) is 6.67. The van der Waals surface area contributed by atoms with E-state index in [-0.39, 0.29) is 19.4 Å². The molecule has 1 aromatic heterocycles. The first-order chi connectivity index (χ1) is 22.7. The first-order valence-electron chi connectivity index (χ1n) is 16.3. The van der Waals surface area contributed by atoms with Crippen molar-refractivity contribution in [3.05, 3.63) is 48.3 Å². The van der Waals surface area contributed by atoms with Gasteiger partial charge >= 0.3 is 6.09 Å². The van der Waals surface area contributed by atoms with E-state index >= 15 is 0 Å². The lowest BCUT2D eigenvalue weighted by molar-refractivity contribution is -0.143. The zero-order chi connectivity index (χ0) is 36.1. The molecule has 2 aromatic rings. The van der Waals surface area contributed by atoms with Gasteiger partial charge < -0.3 is 25.0 Å². The molecule has 3 N–H and O–H groups in total. The molecule has 5 rings (SSSR count). The fourth-order valence-corrected chi connectivity index (χ4v) is 7.61. The fourth-order valence-electron chi connectivity index (χ4n) is 6.02. The van der Waals surface area contributed by atoms with Gasteiger partial charge in [-0.2, -0.15) is 0 Å². The molecule has 266 valence electrons. The SMILES string of the molecule is C=CC1C[C@]1(NC(=O)[C@@H]1C[C@@H](Oc2ccc3c(Cl)nccc3c2)CN1C(=O)[C@@H](NC(=O)OC(C)(C)C)C(C)(C)C)C(=O)NS(=O)(=O)C1CC1. The van der Waals surface area contributed by atoms with E-state index in [0.717, 1.165) is 10.8 Å². The number of amides is 4. The number of aromatic nitrogens is 1. The van der Waals surface area contributed by atoms with Gasteiger partial charge in [0, 0.05) is 23.9 Å². The summed E-state index contributed by atoms with van der Waals surface area (Å²) in [5.41, 5.74) is -3.17. The molecule has 3 aliphatic rings. The van der Waals surface area contributed by atoms with E-state index < -0.39 is 79.7 Å². The Morgan fingerprint density at radius 2 is 1.82 bits per heavy atom. The van der Waals surface area contributed by atoms with E-state index in [0.29, 0.717) is 23.7 Å². The number of pyridine rings is 1. The Balaban J connectivity index is 1.42. The molecule has 1 unspecified atom stereocenters. The van der Waals surface area contributed by atoms with Gasteiger partial charge in [0.1, 0.15) is 40.2 Å². The van der Waals surface area contributed by atoms with Crippen LogP contribution in [0.15, 0.2) is 43.1 Å². The monoisotopic (exact) mass is 717 g/mol. The Hall–Kier alpha value is -3.91. The Labute approximate surface area is 291 Å². The van der Waals surface area contributed by atoms with E-state index in [1.807, 2.05) is 0 Å². The van der Waals surface area contributed by atoms with E-state index in [4.69, 9.17) is 21.1 Å². The Bertz CT molecular complexity index is 1780. The first-order valence-corrected chi connectivity index (χ1v) is 18.2. The highest BCUT2D eigenvalue weighted by atomic mass is 35.5. The van der Waals surface area contributed by atoms with E-state index in [1.54, 1.807) is 72.0 Å². The molecule has 5 atom stereocenters. The van der Waals surface area contributed by atoms with Gasteiger partial charge in [-0.05, 0) is 75.1 Å². The van der Waals surface area contributed by atoms with Crippen molar-refractivity contribution in [1.82, 2.24) is 25.2 Å². The van der Waals surface area contributed by atoms with Crippen LogP contribution in [-0.2, 0) is 29.1 Å². The zero-order valence-electron chi connectivity index (χ0n) is 28.5. The molecule has 0 bridgehead atoms. The van der Waals surface area contributed by atoms with Gasteiger partial charge in [0.2, 0.25) is 21.8 Å². The molecule has 2 heterocycles. The van der Waals surface area contributed by atoms with Crippen LogP contribution in [0.25, 0.3) is 10.8 Å². The lowest BCUT2D eigenvalue weighted by Crippen LogP contribution is -2.60. The summed E-state index contributed by atoms with van der Waals surface area (Å²) >= 11 is 6.23. The second kappa shape index (κ2) is 13.1. The molecule has 1 aliphatic heterocycles. The van der Waals surface area contributed by atoms with Gasteiger partial charge in [-0.1, -0.05) is 38.4 Å². The van der Waals surface area contributed by atoms with Gasteiger partial charge in [0.25, 0.3) is 5.91 Å². The topological polar surface area (TPSA) is 173 Å². The average molecular weight is 718 g/mol. The minimum absolute atomic E-state index is 0.0191. The molecule has 3 fully saturated rings. The zero-order valence-corrected chi connectivity index (χ0v) is 30.1. The quantitative estimate of drug-likeness (QED) is 0.244. The van der Waals surface area contributed by atoms with Crippen LogP contribution >= 0.6 is 11.6 Å². The number of hydrogen-bond donors (Lipinski definition) is 3. The number of fused-ring (bicyclic) bond motifs is 1. The molecule has 15 heteroatoms. The van der Waals surface area contributed by atoms with Gasteiger partial charge in [0.15, 0.2) is 0 Å². The standard InChI is InChI=1S/C34H44ClN5O8S/c1-8-20-17-34(20,30(43)39-49(45,46)23-10-11-23)38-28(41)25-16-22(47-21-9-12-24-19(15-21)13-14-36-27(24)35)18-40(25)29(42)26(32(2,3)4)37-31(44)48-33(5,6)7/h8-9,12-15,20,22-23,25-26H,1,10-11,16-18H2,2-7H3,(H,37,44)(H,38,41)(H,39,43)/t20?,22-,25+,26-,34-/m1/s1. The number of nitrogens with zero attached hydrogens (tertiary/aromatic N) is 2. The fraction of sp³-hybridized carbons (Fsp3) is 0.559. The summed E-state index contributed by atoms with van der Waals surface area (Å²) in [5.74, 6) is -2.10. The number of alkyl carbamates (subject to hydrolysis) is 1. The Kier molecular flexibility index (Phi) is 9.71. The number of nitrogens with one attached hydrogen (secondary N) is 3. The lowest BCUT2D eigenvalue weighted by atomic mass is 9.85. The van der Waals surface area contributed by atoms with Crippen molar-refractivity contribution in [2.75, 3.05) is 6.54 Å². The molecule has 2 aliphatic carbocycles. The summed E-state index contributed by atoms with van der Waals surface area (Å²) in [6, 6.07) is 4.82. The van der Waals surface area contributed by atoms with Crippen LogP contribution in [0, 0.1) is 11.3 Å². The third kappa shape index (κ3) is 8.12. The predicted octanol–water partition coefficient (Wildman–Crippen LogP) is 3.85. The van der Waals surface area contributed by atoms with Crippen LogP contribution in [0.3, 0.4) is 0 Å². The molecule has 2 saturated carbocycles. The number of halogens is 1. The molecule has 1 aromatic carbocycles. The number of benzene rings is 1. The highest BCUT2D eigenvalue weighted by Crippen LogP contribution is 2.45. The van der Waals surface area contributed by atoms with Gasteiger partial charge in [-0.25, -0.2) is 18.2 Å². The molecule has 0 spiro atoms. The maximum atomic E-state index is 14.3. The molecule has 49 heavy (non-hydrogen) atoms. The van der Waals surface area contributed by atoms with Crippen molar-refractivity contribution in [2.24, 2.45) is 11.3 Å². The van der Waals surface area contributed by atoms with Crippen LogP contribution in [0.2, 0.25) is 5.15 Å². The molecule has 0 radical (unpaired) electrons. The van der Waals surface area contributed by atoms with Gasteiger partial charge in [0.05, 0.1) is 11.8 Å². The van der Waals surface area contributed by atoms with Crippen molar-refractivity contribution in [3.63, 3.8) is 0 Å². The van der Waals surface area contributed by atoms with Crippen molar-refractivity contribution in [2.45, 2.75) is 102 Å².